The van der Waals surface area contributed by atoms with Gasteiger partial charge in [0.1, 0.15) is 12.4 Å². The third-order valence-corrected chi connectivity index (χ3v) is 3.74. The Kier molecular flexibility index (Phi) is 6.64. The summed E-state index contributed by atoms with van der Waals surface area (Å²) in [7, 11) is 0. The Bertz CT molecular complexity index is 662. The second kappa shape index (κ2) is 8.71. The second-order valence-corrected chi connectivity index (χ2v) is 6.51. The number of esters is 1. The van der Waals surface area contributed by atoms with Gasteiger partial charge in [0, 0.05) is 11.1 Å². The van der Waals surface area contributed by atoms with Crippen molar-refractivity contribution in [1.82, 2.24) is 10.6 Å². The first-order valence-electron chi connectivity index (χ1n) is 7.99. The molecule has 1 heterocycles. The lowest BCUT2D eigenvalue weighted by atomic mass is 9.97. The number of benzene rings is 1. The Labute approximate surface area is 151 Å². The first kappa shape index (κ1) is 19.1. The Balaban J connectivity index is 1.75. The maximum atomic E-state index is 12.1. The quantitative estimate of drug-likeness (QED) is 0.733. The van der Waals surface area contributed by atoms with Gasteiger partial charge in [0.05, 0.1) is 12.5 Å². The predicted molar refractivity (Wildman–Crippen MR) is 91.4 cm³/mol. The normalized spacial score (nSPS) is 15.8. The van der Waals surface area contributed by atoms with Gasteiger partial charge in [-0.2, -0.15) is 0 Å². The lowest BCUT2D eigenvalue weighted by Crippen LogP contribution is -2.41. The van der Waals surface area contributed by atoms with Crippen LogP contribution in [0.15, 0.2) is 18.2 Å². The van der Waals surface area contributed by atoms with E-state index in [0.717, 1.165) is 5.56 Å². The Morgan fingerprint density at radius 1 is 1.32 bits per heavy atom. The molecule has 0 aromatic heterocycles. The van der Waals surface area contributed by atoms with Gasteiger partial charge in [-0.3, -0.25) is 14.4 Å². The Morgan fingerprint density at radius 2 is 2.08 bits per heavy atom. The molecule has 1 atom stereocenters. The molecule has 25 heavy (non-hydrogen) atoms. The molecule has 8 heteroatoms. The number of nitrogens with one attached hydrogen (secondary N) is 2. The number of rotatable bonds is 6. The minimum Gasteiger partial charge on any atom is -0.492 e. The first-order valence-corrected chi connectivity index (χ1v) is 8.37. The topological polar surface area (TPSA) is 93.7 Å². The fraction of sp³-hybridized carbons (Fsp3) is 0.471. The van der Waals surface area contributed by atoms with Crippen LogP contribution in [0.25, 0.3) is 0 Å². The molecule has 1 aliphatic heterocycles. The summed E-state index contributed by atoms with van der Waals surface area (Å²) in [6, 6.07) is 5.22. The summed E-state index contributed by atoms with van der Waals surface area (Å²) in [5.74, 6) is -1.16. The summed E-state index contributed by atoms with van der Waals surface area (Å²) < 4.78 is 10.5. The summed E-state index contributed by atoms with van der Waals surface area (Å²) in [6.45, 7) is 3.23. The molecule has 0 bridgehead atoms. The number of halogens is 1. The van der Waals surface area contributed by atoms with Crippen molar-refractivity contribution in [2.75, 3.05) is 19.8 Å². The molecule has 1 aromatic carbocycles. The molecule has 7 nitrogen and oxygen atoms in total. The van der Waals surface area contributed by atoms with Gasteiger partial charge in [-0.15, -0.1) is 0 Å². The zero-order valence-electron chi connectivity index (χ0n) is 14.1. The number of hydrogen-bond acceptors (Lipinski definition) is 5. The molecule has 2 N–H and O–H groups in total. The molecule has 2 rings (SSSR count). The maximum absolute atomic E-state index is 12.1. The van der Waals surface area contributed by atoms with E-state index in [0.29, 0.717) is 17.2 Å². The molecule has 1 aromatic rings. The molecular formula is C17H21ClN2O5. The van der Waals surface area contributed by atoms with Crippen LogP contribution < -0.4 is 15.4 Å². The van der Waals surface area contributed by atoms with E-state index in [1.807, 2.05) is 13.8 Å². The van der Waals surface area contributed by atoms with Crippen molar-refractivity contribution in [3.8, 4) is 5.75 Å². The van der Waals surface area contributed by atoms with Crippen molar-refractivity contribution in [2.45, 2.75) is 26.3 Å². The van der Waals surface area contributed by atoms with E-state index in [1.165, 1.54) is 0 Å². The average Bonchev–Trinajstić information content (AvgIpc) is 2.56. The lowest BCUT2D eigenvalue weighted by molar-refractivity contribution is -0.153. The SMILES string of the molecule is CC(C)NC(=O)CNC(=O)COC(=O)[C@@H]1COc2ccc(Cl)cc2C1. The van der Waals surface area contributed by atoms with Gasteiger partial charge in [0.15, 0.2) is 6.61 Å². The van der Waals surface area contributed by atoms with Crippen molar-refractivity contribution < 1.29 is 23.9 Å². The van der Waals surface area contributed by atoms with E-state index in [-0.39, 0.29) is 25.1 Å². The molecule has 0 saturated heterocycles. The molecular weight excluding hydrogens is 348 g/mol. The van der Waals surface area contributed by atoms with Gasteiger partial charge in [-0.25, -0.2) is 0 Å². The monoisotopic (exact) mass is 368 g/mol. The van der Waals surface area contributed by atoms with Crippen molar-refractivity contribution in [3.63, 3.8) is 0 Å². The van der Waals surface area contributed by atoms with Gasteiger partial charge in [0.2, 0.25) is 5.91 Å². The highest BCUT2D eigenvalue weighted by atomic mass is 35.5. The first-order chi connectivity index (χ1) is 11.8. The predicted octanol–water partition coefficient (Wildman–Crippen LogP) is 1.08. The maximum Gasteiger partial charge on any atom is 0.313 e. The van der Waals surface area contributed by atoms with Crippen LogP contribution in [0.4, 0.5) is 0 Å². The highest BCUT2D eigenvalue weighted by Crippen LogP contribution is 2.30. The van der Waals surface area contributed by atoms with E-state index in [1.54, 1.807) is 18.2 Å². The van der Waals surface area contributed by atoms with Crippen molar-refractivity contribution in [1.29, 1.82) is 0 Å². The zero-order valence-corrected chi connectivity index (χ0v) is 14.9. The van der Waals surface area contributed by atoms with E-state index in [9.17, 15) is 14.4 Å². The van der Waals surface area contributed by atoms with E-state index in [4.69, 9.17) is 21.1 Å². The van der Waals surface area contributed by atoms with Crippen LogP contribution in [0, 0.1) is 5.92 Å². The molecule has 0 spiro atoms. The molecule has 0 unspecified atom stereocenters. The summed E-state index contributed by atoms with van der Waals surface area (Å²) in [4.78, 5) is 35.2. The number of carbonyl (C=O) groups is 3. The van der Waals surface area contributed by atoms with E-state index < -0.39 is 24.4 Å². The van der Waals surface area contributed by atoms with Crippen LogP contribution in [0.2, 0.25) is 5.02 Å². The van der Waals surface area contributed by atoms with Gasteiger partial charge in [0.25, 0.3) is 5.91 Å². The summed E-state index contributed by atoms with van der Waals surface area (Å²) >= 11 is 5.94. The van der Waals surface area contributed by atoms with Gasteiger partial charge in [-0.1, -0.05) is 11.6 Å². The summed E-state index contributed by atoms with van der Waals surface area (Å²) in [5.41, 5.74) is 0.829. The standard InChI is InChI=1S/C17H21ClN2O5/c1-10(2)20-15(21)7-19-16(22)9-25-17(23)12-5-11-6-13(18)3-4-14(11)24-8-12/h3-4,6,10,12H,5,7-9H2,1-2H3,(H,19,22)(H,20,21)/t12-/m0/s1. The van der Waals surface area contributed by atoms with E-state index >= 15 is 0 Å². The summed E-state index contributed by atoms with van der Waals surface area (Å²) in [5, 5.41) is 5.60. The molecule has 0 radical (unpaired) electrons. The molecule has 0 saturated carbocycles. The van der Waals surface area contributed by atoms with Crippen molar-refractivity contribution >= 4 is 29.4 Å². The number of fused-ring (bicyclic) bond motifs is 1. The summed E-state index contributed by atoms with van der Waals surface area (Å²) in [6.07, 6.45) is 0.438. The Morgan fingerprint density at radius 3 is 2.80 bits per heavy atom. The highest BCUT2D eigenvalue weighted by Gasteiger charge is 2.28. The van der Waals surface area contributed by atoms with Crippen LogP contribution in [-0.2, 0) is 25.5 Å². The van der Waals surface area contributed by atoms with Crippen LogP contribution in [-0.4, -0.2) is 43.6 Å². The molecule has 1 aliphatic rings. The number of ether oxygens (including phenoxy) is 2. The largest absolute Gasteiger partial charge is 0.492 e. The fourth-order valence-electron chi connectivity index (χ4n) is 2.37. The minimum atomic E-state index is -0.535. The highest BCUT2D eigenvalue weighted by molar-refractivity contribution is 6.30. The van der Waals surface area contributed by atoms with E-state index in [2.05, 4.69) is 10.6 Å². The van der Waals surface area contributed by atoms with Gasteiger partial charge >= 0.3 is 5.97 Å². The lowest BCUT2D eigenvalue weighted by Gasteiger charge is -2.24. The molecule has 0 aliphatic carbocycles. The minimum absolute atomic E-state index is 0.00934. The third kappa shape index (κ3) is 5.94. The van der Waals surface area contributed by atoms with Crippen molar-refractivity contribution in [3.05, 3.63) is 28.8 Å². The molecule has 0 fully saturated rings. The van der Waals surface area contributed by atoms with Crippen LogP contribution in [0.3, 0.4) is 0 Å². The second-order valence-electron chi connectivity index (χ2n) is 6.07. The Hall–Kier alpha value is -2.28. The number of carbonyl (C=O) groups excluding carboxylic acids is 3. The fourth-order valence-corrected chi connectivity index (χ4v) is 2.57. The smallest absolute Gasteiger partial charge is 0.313 e. The molecule has 2 amide bonds. The number of hydrogen-bond donors (Lipinski definition) is 2. The average molecular weight is 369 g/mol. The zero-order chi connectivity index (χ0) is 18.4. The van der Waals surface area contributed by atoms with Crippen LogP contribution >= 0.6 is 11.6 Å². The number of amides is 2. The van der Waals surface area contributed by atoms with Crippen LogP contribution in [0.1, 0.15) is 19.4 Å². The van der Waals surface area contributed by atoms with Gasteiger partial charge in [-0.05, 0) is 44.0 Å². The third-order valence-electron chi connectivity index (χ3n) is 3.50. The van der Waals surface area contributed by atoms with Crippen molar-refractivity contribution in [2.24, 2.45) is 5.92 Å². The molecule has 136 valence electrons. The van der Waals surface area contributed by atoms with Gasteiger partial charge < -0.3 is 20.1 Å². The van der Waals surface area contributed by atoms with Crippen LogP contribution in [0.5, 0.6) is 5.75 Å².